The maximum absolute atomic E-state index is 14.7. The lowest BCUT2D eigenvalue weighted by Gasteiger charge is -2.47. The summed E-state index contributed by atoms with van der Waals surface area (Å²) in [6, 6.07) is 2.67. The first-order valence-electron chi connectivity index (χ1n) is 20.1. The van der Waals surface area contributed by atoms with Crippen LogP contribution in [0.1, 0.15) is 87.5 Å². The molecule has 3 aliphatic heterocycles. The Morgan fingerprint density at radius 1 is 1.00 bits per heavy atom. The fourth-order valence-corrected chi connectivity index (χ4v) is 9.33. The number of aryl methyl sites for hydroxylation is 1. The van der Waals surface area contributed by atoms with Gasteiger partial charge in [-0.3, -0.25) is 14.4 Å². The van der Waals surface area contributed by atoms with Crippen molar-refractivity contribution in [2.75, 3.05) is 27.7 Å². The van der Waals surface area contributed by atoms with Crippen LogP contribution in [-0.2, 0) is 44.6 Å². The lowest BCUT2D eigenvalue weighted by Crippen LogP contribution is -2.60. The summed E-state index contributed by atoms with van der Waals surface area (Å²) in [4.78, 5) is 69.1. The number of aromatic nitrogens is 3. The minimum atomic E-state index is -1.40. The lowest BCUT2D eigenvalue weighted by atomic mass is 9.73. The molecule has 2 aromatic rings. The minimum absolute atomic E-state index is 0.131. The molecule has 1 amide bonds. The summed E-state index contributed by atoms with van der Waals surface area (Å²) in [6.45, 7) is 14.9. The van der Waals surface area contributed by atoms with Gasteiger partial charge in [-0.05, 0) is 86.0 Å². The Bertz CT molecular complexity index is 1720. The van der Waals surface area contributed by atoms with Gasteiger partial charge < -0.3 is 43.2 Å². The van der Waals surface area contributed by atoms with Gasteiger partial charge in [-0.1, -0.05) is 27.7 Å². The third kappa shape index (κ3) is 8.52. The maximum atomic E-state index is 14.7. The first kappa shape index (κ1) is 43.6. The zero-order valence-corrected chi connectivity index (χ0v) is 35.0. The number of hydrogen-bond donors (Lipinski definition) is 1. The summed E-state index contributed by atoms with van der Waals surface area (Å²) in [6.07, 6.45) is 0.710. The Balaban J connectivity index is 1.46. The average Bonchev–Trinajstić information content (AvgIpc) is 3.70. The number of pyridine rings is 1. The Kier molecular flexibility index (Phi) is 13.7. The topological polar surface area (TPSA) is 172 Å². The van der Waals surface area contributed by atoms with Crippen molar-refractivity contribution in [1.82, 2.24) is 24.3 Å². The largest absolute Gasteiger partial charge is 0.458 e. The van der Waals surface area contributed by atoms with E-state index in [1.807, 2.05) is 56.5 Å². The number of amides is 1. The Morgan fingerprint density at radius 3 is 2.36 bits per heavy atom. The van der Waals surface area contributed by atoms with Crippen LogP contribution in [0.25, 0.3) is 11.2 Å². The number of hydrogen-bond acceptors (Lipinski definition) is 13. The second-order valence-corrected chi connectivity index (χ2v) is 16.9. The average molecular weight is 786 g/mol. The van der Waals surface area contributed by atoms with Crippen molar-refractivity contribution in [2.24, 2.45) is 23.7 Å². The summed E-state index contributed by atoms with van der Waals surface area (Å²) in [5.74, 6) is -4.94. The van der Waals surface area contributed by atoms with E-state index in [2.05, 4.69) is 9.97 Å². The molecule has 13 atom stereocenters. The normalized spacial score (nSPS) is 37.7. The first-order valence-corrected chi connectivity index (χ1v) is 20.1. The third-order valence-electron chi connectivity index (χ3n) is 12.6. The molecule has 0 saturated carbocycles. The van der Waals surface area contributed by atoms with Crippen LogP contribution in [0, 0.1) is 23.7 Å². The molecule has 312 valence electrons. The van der Waals surface area contributed by atoms with Gasteiger partial charge >= 0.3 is 12.1 Å². The number of nitrogens with zero attached hydrogens (tertiary/aromatic N) is 5. The van der Waals surface area contributed by atoms with Crippen LogP contribution in [0.4, 0.5) is 4.79 Å². The predicted octanol–water partition coefficient (Wildman–Crippen LogP) is 4.42. The summed E-state index contributed by atoms with van der Waals surface area (Å²) < 4.78 is 33.1. The highest BCUT2D eigenvalue weighted by atomic mass is 16.7. The molecule has 56 heavy (non-hydrogen) atoms. The molecule has 0 radical (unpaired) electrons. The third-order valence-corrected chi connectivity index (χ3v) is 12.6. The van der Waals surface area contributed by atoms with E-state index in [-0.39, 0.29) is 30.8 Å². The summed E-state index contributed by atoms with van der Waals surface area (Å²) >= 11 is 0. The number of aliphatic hydroxyl groups is 1. The number of carbonyl (C=O) groups excluding carboxylic acids is 4. The molecule has 3 aliphatic rings. The summed E-state index contributed by atoms with van der Waals surface area (Å²) in [7, 11) is 5.24. The zero-order valence-electron chi connectivity index (χ0n) is 35.0. The molecule has 1 N–H and O–H groups in total. The van der Waals surface area contributed by atoms with Crippen molar-refractivity contribution in [1.29, 1.82) is 0 Å². The number of esters is 1. The first-order chi connectivity index (χ1) is 26.4. The van der Waals surface area contributed by atoms with Gasteiger partial charge in [0.2, 0.25) is 0 Å². The molecule has 0 aromatic carbocycles. The molecule has 3 fully saturated rings. The number of unbranched alkanes of at least 4 members (excludes halogenated alkanes) is 1. The standard InChI is InChI=1S/C41H63N5O10/c1-12-30-41(8)34(46(39(51)56-41)19-14-13-18-45-22-43-28-16-15-17-42-36(28)45)25(4)31(47)23(2)21-40(7,52-11)35(26(5)32(48)27(6)37(50)54-30)55-38-33(49)29(44(9)10)20-24(3)53-38/h15-17,22-27,29-30,33-35,38,49H,12-14,18-21H2,1-11H3/t23-,24-,25+,26+,27-,29+,30-,33-,34+,35-,38+,40-,41-/m1/s1. The maximum Gasteiger partial charge on any atom is 0.410 e. The zero-order chi connectivity index (χ0) is 41.3. The van der Waals surface area contributed by atoms with Crippen molar-refractivity contribution in [3.63, 3.8) is 0 Å². The minimum Gasteiger partial charge on any atom is -0.458 e. The molecule has 0 aliphatic carbocycles. The molecule has 0 unspecified atom stereocenters. The van der Waals surface area contributed by atoms with Crippen LogP contribution in [0.2, 0.25) is 0 Å². The molecule has 3 saturated heterocycles. The van der Waals surface area contributed by atoms with E-state index in [1.54, 1.807) is 45.1 Å². The number of carbonyl (C=O) groups is 4. The van der Waals surface area contributed by atoms with Crippen LogP contribution in [0.3, 0.4) is 0 Å². The van der Waals surface area contributed by atoms with Gasteiger partial charge in [0.15, 0.2) is 23.3 Å². The summed E-state index contributed by atoms with van der Waals surface area (Å²) in [5, 5.41) is 11.4. The predicted molar refractivity (Wildman–Crippen MR) is 206 cm³/mol. The number of imidazole rings is 1. The van der Waals surface area contributed by atoms with Crippen molar-refractivity contribution in [3.05, 3.63) is 24.7 Å². The molecule has 15 nitrogen and oxygen atoms in total. The van der Waals surface area contributed by atoms with E-state index in [1.165, 1.54) is 14.0 Å². The number of fused-ring (bicyclic) bond motifs is 2. The number of rotatable bonds is 10. The molecular formula is C41H63N5O10. The number of cyclic esters (lactones) is 1. The van der Waals surface area contributed by atoms with Gasteiger partial charge in [-0.25, -0.2) is 14.8 Å². The van der Waals surface area contributed by atoms with E-state index in [9.17, 15) is 24.3 Å². The number of Topliss-reactive ketones (excluding diaryl/α,β-unsaturated/α-hetero) is 2. The number of likely N-dealkylation sites (N-methyl/N-ethyl adjacent to an activating group) is 1. The van der Waals surface area contributed by atoms with Crippen LogP contribution < -0.4 is 0 Å². The Hall–Kier alpha value is -3.50. The molecular weight excluding hydrogens is 722 g/mol. The number of ketones is 2. The highest BCUT2D eigenvalue weighted by Gasteiger charge is 2.60. The highest BCUT2D eigenvalue weighted by Crippen LogP contribution is 2.43. The molecule has 15 heteroatoms. The Morgan fingerprint density at radius 2 is 1.70 bits per heavy atom. The Labute approximate surface area is 330 Å². The van der Waals surface area contributed by atoms with Crippen molar-refractivity contribution < 1.29 is 48.0 Å². The number of methoxy groups -OCH3 is 1. The van der Waals surface area contributed by atoms with E-state index >= 15 is 0 Å². The number of ether oxygens (including phenoxy) is 5. The van der Waals surface area contributed by atoms with E-state index < -0.39 is 83.4 Å². The quantitative estimate of drug-likeness (QED) is 0.204. The molecule has 0 bridgehead atoms. The molecule has 2 aromatic heterocycles. The monoisotopic (exact) mass is 785 g/mol. The van der Waals surface area contributed by atoms with Crippen molar-refractivity contribution in [2.45, 2.75) is 148 Å². The SMILES string of the molecule is CC[C@H]1OC(=O)[C@H](C)C(=O)[C@H](C)[C@@H](O[C@@H]2O[C@H](C)C[C@H](N(C)C)[C@H]2O)[C@](C)(OC)C[C@@H](C)C(=O)[C@H](C)[C@@H]2N(CCCCn3cnc4cccnc43)C(=O)O[C@@]21C. The molecule has 0 spiro atoms. The van der Waals surface area contributed by atoms with Gasteiger partial charge in [0.25, 0.3) is 0 Å². The van der Waals surface area contributed by atoms with Gasteiger partial charge in [-0.15, -0.1) is 0 Å². The lowest BCUT2D eigenvalue weighted by molar-refractivity contribution is -0.295. The van der Waals surface area contributed by atoms with E-state index in [0.717, 1.165) is 11.2 Å². The van der Waals surface area contributed by atoms with Crippen LogP contribution in [0.5, 0.6) is 0 Å². The van der Waals surface area contributed by atoms with Gasteiger partial charge in [0, 0.05) is 50.2 Å². The van der Waals surface area contributed by atoms with Crippen LogP contribution in [0.15, 0.2) is 24.7 Å². The van der Waals surface area contributed by atoms with Crippen molar-refractivity contribution >= 4 is 34.8 Å². The fraction of sp³-hybridized carbons (Fsp3) is 0.756. The molecule has 5 heterocycles. The van der Waals surface area contributed by atoms with E-state index in [0.29, 0.717) is 32.4 Å². The second-order valence-electron chi connectivity index (χ2n) is 16.9. The fourth-order valence-electron chi connectivity index (χ4n) is 9.33. The highest BCUT2D eigenvalue weighted by molar-refractivity contribution is 6.00. The molecule has 5 rings (SSSR count). The van der Waals surface area contributed by atoms with Gasteiger partial charge in [0.05, 0.1) is 30.2 Å². The van der Waals surface area contributed by atoms with E-state index in [4.69, 9.17) is 23.7 Å². The van der Waals surface area contributed by atoms with Crippen molar-refractivity contribution in [3.8, 4) is 0 Å². The number of aliphatic hydroxyl groups excluding tert-OH is 1. The van der Waals surface area contributed by atoms with Crippen LogP contribution in [-0.4, -0.2) is 135 Å². The smallest absolute Gasteiger partial charge is 0.410 e. The van der Waals surface area contributed by atoms with Crippen LogP contribution >= 0.6 is 0 Å². The van der Waals surface area contributed by atoms with Gasteiger partial charge in [0.1, 0.15) is 29.4 Å². The van der Waals surface area contributed by atoms with Gasteiger partial charge in [-0.2, -0.15) is 0 Å². The second kappa shape index (κ2) is 17.6. The summed E-state index contributed by atoms with van der Waals surface area (Å²) in [5.41, 5.74) is -1.09.